The van der Waals surface area contributed by atoms with Crippen molar-refractivity contribution in [3.8, 4) is 5.75 Å². The van der Waals surface area contributed by atoms with E-state index in [4.69, 9.17) is 4.74 Å². The predicted molar refractivity (Wildman–Crippen MR) is 70.5 cm³/mol. The second-order valence-electron chi connectivity index (χ2n) is 4.54. The molecule has 0 bridgehead atoms. The average Bonchev–Trinajstić information content (AvgIpc) is 2.16. The molecule has 0 aliphatic rings. The van der Waals surface area contributed by atoms with Crippen LogP contribution in [0.2, 0.25) is 0 Å². The smallest absolute Gasteiger partial charge is 0.125 e. The summed E-state index contributed by atoms with van der Waals surface area (Å²) in [4.78, 5) is 0. The standard InChI is InChI=1S/C13H21OP/c1-8(2)11-6-10(15)7-12(9(3)4)13(11)14-5/h6-9H,15H2,1-5H3. The number of methoxy groups -OCH3 is 1. The zero-order valence-electron chi connectivity index (χ0n) is 10.3. The van der Waals surface area contributed by atoms with Crippen LogP contribution in [-0.4, -0.2) is 7.11 Å². The molecule has 84 valence electrons. The van der Waals surface area contributed by atoms with Gasteiger partial charge in [0, 0.05) is 0 Å². The van der Waals surface area contributed by atoms with Crippen LogP contribution in [0.4, 0.5) is 0 Å². The van der Waals surface area contributed by atoms with Gasteiger partial charge >= 0.3 is 0 Å². The summed E-state index contributed by atoms with van der Waals surface area (Å²) in [5.74, 6) is 2.06. The zero-order valence-corrected chi connectivity index (χ0v) is 11.4. The highest BCUT2D eigenvalue weighted by Gasteiger charge is 2.15. The summed E-state index contributed by atoms with van der Waals surface area (Å²) < 4.78 is 5.54. The van der Waals surface area contributed by atoms with Crippen molar-refractivity contribution in [1.29, 1.82) is 0 Å². The summed E-state index contributed by atoms with van der Waals surface area (Å²) in [5, 5.41) is 1.24. The van der Waals surface area contributed by atoms with Crippen molar-refractivity contribution < 1.29 is 4.74 Å². The molecule has 1 aromatic rings. The maximum atomic E-state index is 5.54. The van der Waals surface area contributed by atoms with E-state index in [0.717, 1.165) is 5.75 Å². The Balaban J connectivity index is 3.38. The van der Waals surface area contributed by atoms with E-state index in [1.165, 1.54) is 16.4 Å². The summed E-state index contributed by atoms with van der Waals surface area (Å²) in [5.41, 5.74) is 2.60. The van der Waals surface area contributed by atoms with Crippen LogP contribution in [0.3, 0.4) is 0 Å². The monoisotopic (exact) mass is 224 g/mol. The van der Waals surface area contributed by atoms with Gasteiger partial charge in [-0.15, -0.1) is 9.24 Å². The number of hydrogen-bond donors (Lipinski definition) is 0. The molecule has 0 radical (unpaired) electrons. The SMILES string of the molecule is COc1c(C(C)C)cc(P)cc1C(C)C. The fourth-order valence-electron chi connectivity index (χ4n) is 1.79. The average molecular weight is 224 g/mol. The van der Waals surface area contributed by atoms with Gasteiger partial charge in [0.05, 0.1) is 7.11 Å². The molecule has 0 aliphatic heterocycles. The topological polar surface area (TPSA) is 9.23 Å². The van der Waals surface area contributed by atoms with E-state index in [-0.39, 0.29) is 0 Å². The Morgan fingerprint density at radius 3 is 1.67 bits per heavy atom. The van der Waals surface area contributed by atoms with E-state index in [2.05, 4.69) is 49.1 Å². The van der Waals surface area contributed by atoms with Gasteiger partial charge < -0.3 is 4.74 Å². The first kappa shape index (κ1) is 12.5. The number of rotatable bonds is 3. The molecule has 1 unspecified atom stereocenters. The molecule has 0 aromatic heterocycles. The molecule has 0 saturated heterocycles. The van der Waals surface area contributed by atoms with Crippen molar-refractivity contribution in [1.82, 2.24) is 0 Å². The van der Waals surface area contributed by atoms with Gasteiger partial charge in [0.25, 0.3) is 0 Å². The van der Waals surface area contributed by atoms with Crippen molar-refractivity contribution in [3.05, 3.63) is 23.3 Å². The molecule has 1 atom stereocenters. The van der Waals surface area contributed by atoms with Crippen LogP contribution in [-0.2, 0) is 0 Å². The lowest BCUT2D eigenvalue weighted by atomic mass is 9.94. The Morgan fingerprint density at radius 2 is 1.40 bits per heavy atom. The largest absolute Gasteiger partial charge is 0.496 e. The van der Waals surface area contributed by atoms with E-state index in [1.54, 1.807) is 7.11 Å². The van der Waals surface area contributed by atoms with Gasteiger partial charge in [-0.25, -0.2) is 0 Å². The summed E-state index contributed by atoms with van der Waals surface area (Å²) in [6.07, 6.45) is 0. The van der Waals surface area contributed by atoms with Gasteiger partial charge in [0.15, 0.2) is 0 Å². The summed E-state index contributed by atoms with van der Waals surface area (Å²) >= 11 is 0. The highest BCUT2D eigenvalue weighted by molar-refractivity contribution is 7.27. The highest BCUT2D eigenvalue weighted by atomic mass is 31.0. The molecule has 0 heterocycles. The predicted octanol–water partition coefficient (Wildman–Crippen LogP) is 3.44. The summed E-state index contributed by atoms with van der Waals surface area (Å²) in [6.45, 7) is 8.80. The zero-order chi connectivity index (χ0) is 11.6. The molecule has 1 aromatic carbocycles. The van der Waals surface area contributed by atoms with Crippen molar-refractivity contribution in [2.24, 2.45) is 0 Å². The van der Waals surface area contributed by atoms with Crippen LogP contribution in [0.25, 0.3) is 0 Å². The van der Waals surface area contributed by atoms with Gasteiger partial charge in [-0.05, 0) is 40.4 Å². The van der Waals surface area contributed by atoms with Gasteiger partial charge in [-0.1, -0.05) is 27.7 Å². The maximum Gasteiger partial charge on any atom is 0.125 e. The van der Waals surface area contributed by atoms with E-state index >= 15 is 0 Å². The van der Waals surface area contributed by atoms with Crippen LogP contribution < -0.4 is 10.0 Å². The molecule has 0 saturated carbocycles. The fraction of sp³-hybridized carbons (Fsp3) is 0.538. The fourth-order valence-corrected chi connectivity index (χ4v) is 2.15. The van der Waals surface area contributed by atoms with E-state index < -0.39 is 0 Å². The van der Waals surface area contributed by atoms with Crippen molar-refractivity contribution in [2.75, 3.05) is 7.11 Å². The lowest BCUT2D eigenvalue weighted by Crippen LogP contribution is -2.06. The van der Waals surface area contributed by atoms with Crippen LogP contribution in [0.5, 0.6) is 5.75 Å². The Hall–Kier alpha value is -0.550. The highest BCUT2D eigenvalue weighted by Crippen LogP contribution is 2.33. The van der Waals surface area contributed by atoms with Crippen molar-refractivity contribution in [2.45, 2.75) is 39.5 Å². The summed E-state index contributed by atoms with van der Waals surface area (Å²) in [7, 11) is 4.53. The Morgan fingerprint density at radius 1 is 1.00 bits per heavy atom. The lowest BCUT2D eigenvalue weighted by molar-refractivity contribution is 0.400. The minimum atomic E-state index is 0.498. The second-order valence-corrected chi connectivity index (χ2v) is 5.21. The van der Waals surface area contributed by atoms with E-state index in [1.807, 2.05) is 0 Å². The minimum absolute atomic E-state index is 0.498. The second kappa shape index (κ2) is 4.99. The van der Waals surface area contributed by atoms with Gasteiger partial charge in [0.1, 0.15) is 5.75 Å². The first-order valence-corrected chi connectivity index (χ1v) is 6.02. The first-order valence-electron chi connectivity index (χ1n) is 5.44. The minimum Gasteiger partial charge on any atom is -0.496 e. The van der Waals surface area contributed by atoms with Crippen LogP contribution in [0, 0.1) is 0 Å². The van der Waals surface area contributed by atoms with Crippen molar-refractivity contribution >= 4 is 14.5 Å². The van der Waals surface area contributed by atoms with E-state index in [9.17, 15) is 0 Å². The normalized spacial score (nSPS) is 11.2. The van der Waals surface area contributed by atoms with Crippen molar-refractivity contribution in [3.63, 3.8) is 0 Å². The molecule has 1 nitrogen and oxygen atoms in total. The first-order chi connectivity index (χ1) is 6.97. The molecule has 2 heteroatoms. The van der Waals surface area contributed by atoms with Gasteiger partial charge in [0.2, 0.25) is 0 Å². The molecular weight excluding hydrogens is 203 g/mol. The third-order valence-electron chi connectivity index (χ3n) is 2.62. The Bertz CT molecular complexity index is 313. The van der Waals surface area contributed by atoms with Crippen LogP contribution in [0.15, 0.2) is 12.1 Å². The lowest BCUT2D eigenvalue weighted by Gasteiger charge is -2.19. The number of ether oxygens (including phenoxy) is 1. The van der Waals surface area contributed by atoms with Gasteiger partial charge in [-0.3, -0.25) is 0 Å². The quantitative estimate of drug-likeness (QED) is 0.715. The molecule has 15 heavy (non-hydrogen) atoms. The molecular formula is C13H21OP. The number of hydrogen-bond acceptors (Lipinski definition) is 1. The molecule has 1 rings (SSSR count). The molecule has 0 aliphatic carbocycles. The maximum absolute atomic E-state index is 5.54. The number of benzene rings is 1. The molecule has 0 fully saturated rings. The Kier molecular flexibility index (Phi) is 4.16. The van der Waals surface area contributed by atoms with E-state index in [0.29, 0.717) is 11.8 Å². The molecule has 0 N–H and O–H groups in total. The Labute approximate surface area is 95.4 Å². The summed E-state index contributed by atoms with van der Waals surface area (Å²) in [6, 6.07) is 4.39. The van der Waals surface area contributed by atoms with Gasteiger partial charge in [-0.2, -0.15) is 0 Å². The third kappa shape index (κ3) is 2.72. The van der Waals surface area contributed by atoms with Crippen LogP contribution in [0.1, 0.15) is 50.7 Å². The molecule has 0 spiro atoms. The van der Waals surface area contributed by atoms with Crippen LogP contribution >= 0.6 is 9.24 Å². The molecule has 0 amide bonds. The third-order valence-corrected chi connectivity index (χ3v) is 2.95.